The number of alkyl halides is 3. The molecule has 1 aromatic heterocycles. The highest BCUT2D eigenvalue weighted by molar-refractivity contribution is 7.85. The second kappa shape index (κ2) is 9.16. The van der Waals surface area contributed by atoms with Crippen LogP contribution in [-0.2, 0) is 17.0 Å². The van der Waals surface area contributed by atoms with Crippen molar-refractivity contribution in [2.45, 2.75) is 43.7 Å². The molecule has 0 aliphatic carbocycles. The molecular weight excluding hydrogens is 436 g/mol. The highest BCUT2D eigenvalue weighted by atomic mass is 35.5. The lowest BCUT2D eigenvalue weighted by molar-refractivity contribution is -0.137. The Morgan fingerprint density at radius 1 is 1.25 bits per heavy atom. The predicted octanol–water partition coefficient (Wildman–Crippen LogP) is 5.34. The molecular formula is C17H17Cl2F3N4OS. The van der Waals surface area contributed by atoms with Gasteiger partial charge < -0.3 is 5.73 Å². The van der Waals surface area contributed by atoms with Crippen LogP contribution < -0.4 is 5.73 Å². The van der Waals surface area contributed by atoms with Crippen molar-refractivity contribution in [3.63, 3.8) is 0 Å². The Morgan fingerprint density at radius 3 is 2.36 bits per heavy atom. The minimum atomic E-state index is -4.63. The first-order valence-corrected chi connectivity index (χ1v) is 10.4. The third-order valence-corrected chi connectivity index (χ3v) is 6.04. The standard InChI is InChI=1S/C17H17Cl2F3N4OS/c1-2-3-4-5-6-28(27)15-13(9-23)25-26(16(15)24)14-11(18)7-10(8-12(14)19)17(20,21)22/h7-8H,2-6,24H2,1H3. The van der Waals surface area contributed by atoms with Gasteiger partial charge in [0.05, 0.1) is 26.4 Å². The number of nitrogens with two attached hydrogens (primary N) is 1. The Hall–Kier alpha value is -1.76. The van der Waals surface area contributed by atoms with Crippen LogP contribution >= 0.6 is 23.2 Å². The zero-order valence-electron chi connectivity index (χ0n) is 14.8. The van der Waals surface area contributed by atoms with Gasteiger partial charge in [0.2, 0.25) is 0 Å². The van der Waals surface area contributed by atoms with Crippen molar-refractivity contribution < 1.29 is 17.4 Å². The average Bonchev–Trinajstić information content (AvgIpc) is 2.93. The lowest BCUT2D eigenvalue weighted by Gasteiger charge is -2.13. The van der Waals surface area contributed by atoms with E-state index < -0.39 is 22.5 Å². The van der Waals surface area contributed by atoms with Crippen molar-refractivity contribution in [2.75, 3.05) is 11.5 Å². The van der Waals surface area contributed by atoms with Gasteiger partial charge in [0, 0.05) is 5.75 Å². The first kappa shape index (κ1) is 22.5. The van der Waals surface area contributed by atoms with Crippen LogP contribution in [0.4, 0.5) is 19.0 Å². The van der Waals surface area contributed by atoms with E-state index >= 15 is 0 Å². The maximum Gasteiger partial charge on any atom is 0.416 e. The first-order valence-electron chi connectivity index (χ1n) is 8.35. The van der Waals surface area contributed by atoms with E-state index in [1.165, 1.54) is 0 Å². The zero-order chi connectivity index (χ0) is 21.1. The summed E-state index contributed by atoms with van der Waals surface area (Å²) in [7, 11) is -1.59. The van der Waals surface area contributed by atoms with Crippen LogP contribution in [0.5, 0.6) is 0 Å². The Labute approximate surface area is 172 Å². The molecule has 1 heterocycles. The van der Waals surface area contributed by atoms with Gasteiger partial charge in [0.1, 0.15) is 22.5 Å². The van der Waals surface area contributed by atoms with Crippen LogP contribution in [0.2, 0.25) is 10.0 Å². The molecule has 152 valence electrons. The van der Waals surface area contributed by atoms with Gasteiger partial charge >= 0.3 is 6.18 Å². The first-order chi connectivity index (χ1) is 13.1. The molecule has 2 rings (SSSR count). The number of nitrogen functional groups attached to an aromatic ring is 1. The number of unbranched alkanes of at least 4 members (excludes halogenated alkanes) is 3. The fourth-order valence-electron chi connectivity index (χ4n) is 2.58. The summed E-state index contributed by atoms with van der Waals surface area (Å²) in [5.74, 6) is 0.146. The molecule has 0 aliphatic rings. The van der Waals surface area contributed by atoms with Crippen molar-refractivity contribution in [1.29, 1.82) is 5.26 Å². The van der Waals surface area contributed by atoms with Crippen molar-refractivity contribution in [2.24, 2.45) is 0 Å². The Morgan fingerprint density at radius 2 is 1.86 bits per heavy atom. The topological polar surface area (TPSA) is 84.7 Å². The third-order valence-electron chi connectivity index (χ3n) is 3.95. The summed E-state index contributed by atoms with van der Waals surface area (Å²) in [5, 5.41) is 12.6. The second-order valence-electron chi connectivity index (χ2n) is 5.98. The van der Waals surface area contributed by atoms with Crippen LogP contribution in [0.1, 0.15) is 43.9 Å². The SMILES string of the molecule is CCCCCCS(=O)c1c(C#N)nn(-c2c(Cl)cc(C(F)(F)F)cc2Cl)c1N. The lowest BCUT2D eigenvalue weighted by Crippen LogP contribution is -2.09. The molecule has 11 heteroatoms. The molecule has 0 amide bonds. The number of nitriles is 1. The predicted molar refractivity (Wildman–Crippen MR) is 103 cm³/mol. The monoisotopic (exact) mass is 452 g/mol. The number of hydrogen-bond acceptors (Lipinski definition) is 4. The van der Waals surface area contributed by atoms with E-state index in [9.17, 15) is 22.6 Å². The van der Waals surface area contributed by atoms with Gasteiger partial charge in [-0.25, -0.2) is 4.68 Å². The number of hydrogen-bond donors (Lipinski definition) is 1. The molecule has 0 aliphatic heterocycles. The van der Waals surface area contributed by atoms with E-state index in [1.54, 1.807) is 0 Å². The van der Waals surface area contributed by atoms with Crippen molar-refractivity contribution >= 4 is 39.8 Å². The third kappa shape index (κ3) is 4.80. The molecule has 2 aromatic rings. The van der Waals surface area contributed by atoms with Crippen LogP contribution in [0.15, 0.2) is 17.0 Å². The maximum atomic E-state index is 12.9. The zero-order valence-corrected chi connectivity index (χ0v) is 17.1. The molecule has 1 atom stereocenters. The minimum Gasteiger partial charge on any atom is -0.383 e. The largest absolute Gasteiger partial charge is 0.416 e. The van der Waals surface area contributed by atoms with Gasteiger partial charge in [-0.1, -0.05) is 49.4 Å². The number of halogens is 5. The summed E-state index contributed by atoms with van der Waals surface area (Å²) in [4.78, 5) is 0.0334. The molecule has 0 bridgehead atoms. The van der Waals surface area contributed by atoms with Crippen molar-refractivity contribution in [3.05, 3.63) is 33.4 Å². The van der Waals surface area contributed by atoms with E-state index in [2.05, 4.69) is 5.10 Å². The Kier molecular flexibility index (Phi) is 7.37. The molecule has 1 unspecified atom stereocenters. The normalized spacial score (nSPS) is 12.8. The van der Waals surface area contributed by atoms with Crippen LogP contribution in [0.25, 0.3) is 5.69 Å². The van der Waals surface area contributed by atoms with Gasteiger partial charge in [-0.15, -0.1) is 0 Å². The van der Waals surface area contributed by atoms with Gasteiger partial charge in [-0.2, -0.15) is 23.5 Å². The maximum absolute atomic E-state index is 12.9. The molecule has 0 saturated heterocycles. The Balaban J connectivity index is 2.48. The van der Waals surface area contributed by atoms with E-state index in [1.807, 2.05) is 13.0 Å². The quantitative estimate of drug-likeness (QED) is 0.574. The summed E-state index contributed by atoms with van der Waals surface area (Å²) in [6.45, 7) is 2.05. The molecule has 1 aromatic carbocycles. The number of nitrogens with zero attached hydrogens (tertiary/aromatic N) is 3. The van der Waals surface area contributed by atoms with E-state index in [4.69, 9.17) is 28.9 Å². The summed E-state index contributed by atoms with van der Waals surface area (Å²) in [5.41, 5.74) is 4.70. The fourth-order valence-corrected chi connectivity index (χ4v) is 4.52. The highest BCUT2D eigenvalue weighted by Gasteiger charge is 2.33. The number of rotatable bonds is 7. The van der Waals surface area contributed by atoms with Gasteiger partial charge in [0.15, 0.2) is 5.69 Å². The molecule has 28 heavy (non-hydrogen) atoms. The molecule has 0 spiro atoms. The molecule has 5 nitrogen and oxygen atoms in total. The number of benzene rings is 1. The number of aromatic nitrogens is 2. The van der Waals surface area contributed by atoms with Crippen LogP contribution in [0.3, 0.4) is 0 Å². The van der Waals surface area contributed by atoms with Gasteiger partial charge in [0.25, 0.3) is 0 Å². The summed E-state index contributed by atoms with van der Waals surface area (Å²) in [6, 6.07) is 3.20. The number of anilines is 1. The minimum absolute atomic E-state index is 0.0334. The van der Waals surface area contributed by atoms with E-state index in [0.717, 1.165) is 23.9 Å². The van der Waals surface area contributed by atoms with E-state index in [0.29, 0.717) is 24.3 Å². The molecule has 0 saturated carbocycles. The van der Waals surface area contributed by atoms with Crippen molar-refractivity contribution in [3.8, 4) is 11.8 Å². The van der Waals surface area contributed by atoms with E-state index in [-0.39, 0.29) is 32.1 Å². The molecule has 0 fully saturated rings. The second-order valence-corrected chi connectivity index (χ2v) is 8.31. The van der Waals surface area contributed by atoms with Crippen LogP contribution in [-0.4, -0.2) is 19.7 Å². The lowest BCUT2D eigenvalue weighted by atomic mass is 10.2. The van der Waals surface area contributed by atoms with Gasteiger partial charge in [-0.05, 0) is 18.6 Å². The Bertz CT molecular complexity index is 915. The molecule has 2 N–H and O–H groups in total. The van der Waals surface area contributed by atoms with Gasteiger partial charge in [-0.3, -0.25) is 4.21 Å². The fraction of sp³-hybridized carbons (Fsp3) is 0.412. The summed E-state index contributed by atoms with van der Waals surface area (Å²) < 4.78 is 52.3. The highest BCUT2D eigenvalue weighted by Crippen LogP contribution is 2.39. The summed E-state index contributed by atoms with van der Waals surface area (Å²) >= 11 is 12.0. The smallest absolute Gasteiger partial charge is 0.383 e. The van der Waals surface area contributed by atoms with Crippen LogP contribution in [0, 0.1) is 11.3 Å². The molecule has 0 radical (unpaired) electrons. The average molecular weight is 453 g/mol. The summed E-state index contributed by atoms with van der Waals surface area (Å²) in [6.07, 6.45) is -1.06. The van der Waals surface area contributed by atoms with Crippen molar-refractivity contribution in [1.82, 2.24) is 9.78 Å².